The maximum Gasteiger partial charge on any atom is 0.247 e. The summed E-state index contributed by atoms with van der Waals surface area (Å²) in [6.07, 6.45) is -1.47. The molecule has 0 aliphatic carbocycles. The predicted octanol–water partition coefficient (Wildman–Crippen LogP) is 4.02. The third-order valence-corrected chi connectivity index (χ3v) is 4.27. The number of hydrogen-bond donors (Lipinski definition) is 2. The van der Waals surface area contributed by atoms with Crippen LogP contribution in [-0.2, 0) is 0 Å². The number of halogens is 2. The van der Waals surface area contributed by atoms with E-state index < -0.39 is 12.5 Å². The maximum atomic E-state index is 12.2. The standard InChI is InChI=1S/C16H19F2NO2S/c1-11(19-9-14(20)15-3-2-8-21-15)12-4-6-13(7-5-12)22-10-16(17)18/h2-8,11,14,16,19-20H,9-10H2,1H3. The second kappa shape index (κ2) is 8.31. The van der Waals surface area contributed by atoms with E-state index in [1.165, 1.54) is 6.26 Å². The first-order valence-corrected chi connectivity index (χ1v) is 8.00. The third-order valence-electron chi connectivity index (χ3n) is 3.25. The smallest absolute Gasteiger partial charge is 0.247 e. The van der Waals surface area contributed by atoms with Crippen molar-refractivity contribution in [3.8, 4) is 0 Å². The van der Waals surface area contributed by atoms with Crippen LogP contribution < -0.4 is 5.32 Å². The van der Waals surface area contributed by atoms with Crippen molar-refractivity contribution < 1.29 is 18.3 Å². The van der Waals surface area contributed by atoms with Crippen LogP contribution in [0.4, 0.5) is 8.78 Å². The Balaban J connectivity index is 1.83. The Labute approximate surface area is 132 Å². The van der Waals surface area contributed by atoms with Crippen LogP contribution in [0.2, 0.25) is 0 Å². The molecule has 0 radical (unpaired) electrons. The molecule has 120 valence electrons. The predicted molar refractivity (Wildman–Crippen MR) is 83.3 cm³/mol. The van der Waals surface area contributed by atoms with Gasteiger partial charge in [-0.1, -0.05) is 12.1 Å². The zero-order valence-electron chi connectivity index (χ0n) is 12.2. The van der Waals surface area contributed by atoms with E-state index in [0.29, 0.717) is 12.3 Å². The van der Waals surface area contributed by atoms with E-state index in [4.69, 9.17) is 4.42 Å². The Bertz CT molecular complexity index is 546. The number of nitrogens with one attached hydrogen (secondary N) is 1. The molecule has 22 heavy (non-hydrogen) atoms. The fourth-order valence-corrected chi connectivity index (χ4v) is 2.65. The van der Waals surface area contributed by atoms with Gasteiger partial charge in [-0.05, 0) is 36.8 Å². The molecule has 1 heterocycles. The van der Waals surface area contributed by atoms with Crippen molar-refractivity contribution in [3.05, 3.63) is 54.0 Å². The first-order chi connectivity index (χ1) is 10.6. The molecule has 2 aromatic rings. The summed E-state index contributed by atoms with van der Waals surface area (Å²) in [6, 6.07) is 11.0. The van der Waals surface area contributed by atoms with Gasteiger partial charge in [-0.15, -0.1) is 11.8 Å². The van der Waals surface area contributed by atoms with Crippen molar-refractivity contribution in [1.29, 1.82) is 0 Å². The molecule has 0 bridgehead atoms. The Kier molecular flexibility index (Phi) is 6.42. The van der Waals surface area contributed by atoms with Crippen molar-refractivity contribution in [2.75, 3.05) is 12.3 Å². The highest BCUT2D eigenvalue weighted by Gasteiger charge is 2.12. The van der Waals surface area contributed by atoms with Gasteiger partial charge in [-0.2, -0.15) is 0 Å². The Hall–Kier alpha value is -1.37. The van der Waals surface area contributed by atoms with E-state index in [1.54, 1.807) is 12.1 Å². The average Bonchev–Trinajstić information content (AvgIpc) is 3.05. The third kappa shape index (κ3) is 5.12. The highest BCUT2D eigenvalue weighted by Crippen LogP contribution is 2.23. The van der Waals surface area contributed by atoms with E-state index in [0.717, 1.165) is 22.2 Å². The number of furan rings is 1. The number of thioether (sulfide) groups is 1. The second-order valence-corrected chi connectivity index (χ2v) is 6.03. The van der Waals surface area contributed by atoms with Crippen LogP contribution in [0.1, 0.15) is 30.4 Å². The molecule has 2 unspecified atom stereocenters. The van der Waals surface area contributed by atoms with Gasteiger partial charge in [0, 0.05) is 17.5 Å². The fraction of sp³-hybridized carbons (Fsp3) is 0.375. The Morgan fingerprint density at radius 3 is 2.55 bits per heavy atom. The van der Waals surface area contributed by atoms with Gasteiger partial charge in [0.1, 0.15) is 11.9 Å². The van der Waals surface area contributed by atoms with Crippen molar-refractivity contribution in [2.45, 2.75) is 30.4 Å². The number of benzene rings is 1. The van der Waals surface area contributed by atoms with E-state index >= 15 is 0 Å². The minimum atomic E-state index is -2.30. The summed E-state index contributed by atoms with van der Waals surface area (Å²) in [7, 11) is 0. The molecule has 1 aromatic carbocycles. The van der Waals surface area contributed by atoms with Gasteiger partial charge in [-0.3, -0.25) is 0 Å². The molecule has 2 atom stereocenters. The van der Waals surface area contributed by atoms with E-state index in [2.05, 4.69) is 5.32 Å². The van der Waals surface area contributed by atoms with Gasteiger partial charge in [0.25, 0.3) is 0 Å². The van der Waals surface area contributed by atoms with Gasteiger partial charge in [0.2, 0.25) is 6.43 Å². The molecule has 0 fully saturated rings. The van der Waals surface area contributed by atoms with Crippen LogP contribution in [0.5, 0.6) is 0 Å². The van der Waals surface area contributed by atoms with Crippen molar-refractivity contribution in [1.82, 2.24) is 5.32 Å². The SMILES string of the molecule is CC(NCC(O)c1ccco1)c1ccc(SCC(F)F)cc1. The maximum absolute atomic E-state index is 12.2. The molecule has 2 N–H and O–H groups in total. The summed E-state index contributed by atoms with van der Waals surface area (Å²) in [5, 5.41) is 13.2. The van der Waals surface area contributed by atoms with Crippen LogP contribution in [0.25, 0.3) is 0 Å². The molecular formula is C16H19F2NO2S. The van der Waals surface area contributed by atoms with Crippen LogP contribution in [0.15, 0.2) is 52.0 Å². The quantitative estimate of drug-likeness (QED) is 0.719. The first kappa shape index (κ1) is 17.0. The summed E-state index contributed by atoms with van der Waals surface area (Å²) in [4.78, 5) is 0.826. The minimum absolute atomic E-state index is 0.0405. The van der Waals surface area contributed by atoms with E-state index in [9.17, 15) is 13.9 Å². The largest absolute Gasteiger partial charge is 0.467 e. The highest BCUT2D eigenvalue weighted by atomic mass is 32.2. The molecule has 2 rings (SSSR count). The zero-order valence-corrected chi connectivity index (χ0v) is 13.0. The molecular weight excluding hydrogens is 308 g/mol. The van der Waals surface area contributed by atoms with E-state index in [1.807, 2.05) is 31.2 Å². The number of aliphatic hydroxyl groups is 1. The Morgan fingerprint density at radius 2 is 1.95 bits per heavy atom. The summed E-state index contributed by atoms with van der Waals surface area (Å²) < 4.78 is 29.5. The topological polar surface area (TPSA) is 45.4 Å². The fourth-order valence-electron chi connectivity index (χ4n) is 2.00. The molecule has 0 aliphatic heterocycles. The van der Waals surface area contributed by atoms with Crippen molar-refractivity contribution in [2.24, 2.45) is 0 Å². The lowest BCUT2D eigenvalue weighted by molar-refractivity contribution is 0.144. The van der Waals surface area contributed by atoms with Gasteiger partial charge in [0.15, 0.2) is 0 Å². The summed E-state index contributed by atoms with van der Waals surface area (Å²) in [5.41, 5.74) is 1.04. The molecule has 0 saturated heterocycles. The molecule has 0 spiro atoms. The monoisotopic (exact) mass is 327 g/mol. The Morgan fingerprint density at radius 1 is 1.23 bits per heavy atom. The van der Waals surface area contributed by atoms with Crippen LogP contribution in [0, 0.1) is 0 Å². The van der Waals surface area contributed by atoms with Gasteiger partial charge < -0.3 is 14.8 Å². The van der Waals surface area contributed by atoms with Crippen LogP contribution in [0.3, 0.4) is 0 Å². The van der Waals surface area contributed by atoms with Crippen molar-refractivity contribution >= 4 is 11.8 Å². The summed E-state index contributed by atoms with van der Waals surface area (Å²) >= 11 is 1.14. The lowest BCUT2D eigenvalue weighted by Gasteiger charge is -2.17. The molecule has 0 aliphatic rings. The summed E-state index contributed by atoms with van der Waals surface area (Å²) in [6.45, 7) is 2.35. The molecule has 0 amide bonds. The number of hydrogen-bond acceptors (Lipinski definition) is 4. The number of aliphatic hydroxyl groups excluding tert-OH is 1. The zero-order chi connectivity index (χ0) is 15.9. The molecule has 3 nitrogen and oxygen atoms in total. The van der Waals surface area contributed by atoms with Crippen molar-refractivity contribution in [3.63, 3.8) is 0 Å². The van der Waals surface area contributed by atoms with E-state index in [-0.39, 0.29) is 11.8 Å². The van der Waals surface area contributed by atoms with Crippen LogP contribution in [-0.4, -0.2) is 23.8 Å². The molecule has 6 heteroatoms. The number of alkyl halides is 2. The normalized spacial score (nSPS) is 14.2. The minimum Gasteiger partial charge on any atom is -0.467 e. The number of rotatable bonds is 8. The summed E-state index contributed by atoms with van der Waals surface area (Å²) in [5.74, 6) is 0.334. The van der Waals surface area contributed by atoms with Gasteiger partial charge >= 0.3 is 0 Å². The average molecular weight is 327 g/mol. The van der Waals surface area contributed by atoms with Gasteiger partial charge in [-0.25, -0.2) is 8.78 Å². The molecule has 1 aromatic heterocycles. The molecule has 0 saturated carbocycles. The first-order valence-electron chi connectivity index (χ1n) is 7.02. The lowest BCUT2D eigenvalue weighted by atomic mass is 10.1. The highest BCUT2D eigenvalue weighted by molar-refractivity contribution is 7.99. The van der Waals surface area contributed by atoms with Gasteiger partial charge in [0.05, 0.1) is 12.0 Å². The van der Waals surface area contributed by atoms with Crippen LogP contribution >= 0.6 is 11.8 Å². The second-order valence-electron chi connectivity index (χ2n) is 4.93. The lowest BCUT2D eigenvalue weighted by Crippen LogP contribution is -2.24.